The average molecular weight is 279 g/mol. The molecule has 0 aromatic carbocycles. The van der Waals surface area contributed by atoms with Crippen molar-refractivity contribution in [3.8, 4) is 0 Å². The molecule has 1 saturated carbocycles. The van der Waals surface area contributed by atoms with Gasteiger partial charge >= 0.3 is 0 Å². The Bertz CT molecular complexity index is 394. The molecule has 1 fully saturated rings. The zero-order valence-corrected chi connectivity index (χ0v) is 13.4. The molecule has 0 radical (unpaired) electrons. The van der Waals surface area contributed by atoms with Crippen molar-refractivity contribution in [3.63, 3.8) is 0 Å². The van der Waals surface area contributed by atoms with Crippen molar-refractivity contribution in [2.24, 2.45) is 5.92 Å². The third kappa shape index (κ3) is 3.98. The Kier molecular flexibility index (Phi) is 5.46. The maximum Gasteiger partial charge on any atom is 0.297 e. The maximum absolute atomic E-state index is 5.64. The van der Waals surface area contributed by atoms with Gasteiger partial charge in [0, 0.05) is 25.7 Å². The third-order valence-corrected chi connectivity index (χ3v) is 4.47. The van der Waals surface area contributed by atoms with E-state index in [4.69, 9.17) is 4.42 Å². The summed E-state index contributed by atoms with van der Waals surface area (Å²) in [6.45, 7) is 7.35. The minimum atomic E-state index is 0.470. The summed E-state index contributed by atoms with van der Waals surface area (Å²) in [5.74, 6) is 0.926. The molecule has 1 aliphatic rings. The first kappa shape index (κ1) is 15.4. The number of nitrogens with one attached hydrogen (secondary N) is 1. The number of oxazole rings is 1. The van der Waals surface area contributed by atoms with E-state index in [-0.39, 0.29) is 0 Å². The first-order valence-electron chi connectivity index (χ1n) is 8.00. The lowest BCUT2D eigenvalue weighted by Crippen LogP contribution is -2.35. The van der Waals surface area contributed by atoms with Gasteiger partial charge in [-0.15, -0.1) is 0 Å². The van der Waals surface area contributed by atoms with Gasteiger partial charge in [0.2, 0.25) is 0 Å². The monoisotopic (exact) mass is 279 g/mol. The molecule has 0 saturated heterocycles. The average Bonchev–Trinajstić information content (AvgIpc) is 2.93. The molecule has 0 atom stereocenters. The number of aromatic nitrogens is 1. The molecule has 0 bridgehead atoms. The van der Waals surface area contributed by atoms with E-state index in [0.29, 0.717) is 12.1 Å². The number of hydrogen-bond acceptors (Lipinski definition) is 4. The van der Waals surface area contributed by atoms with Gasteiger partial charge in [0.15, 0.2) is 0 Å². The Hall–Kier alpha value is -1.03. The van der Waals surface area contributed by atoms with E-state index in [0.717, 1.165) is 24.2 Å². The van der Waals surface area contributed by atoms with Gasteiger partial charge in [-0.05, 0) is 31.6 Å². The summed E-state index contributed by atoms with van der Waals surface area (Å²) in [5.41, 5.74) is 0.989. The van der Waals surface area contributed by atoms with Gasteiger partial charge in [0.05, 0.1) is 5.69 Å². The fraction of sp³-hybridized carbons (Fsp3) is 0.812. The van der Waals surface area contributed by atoms with Crippen LogP contribution in [-0.4, -0.2) is 24.1 Å². The molecular formula is C16H29N3O. The number of anilines is 1. The van der Waals surface area contributed by atoms with Crippen molar-refractivity contribution in [2.45, 2.75) is 71.5 Å². The molecular weight excluding hydrogens is 250 g/mol. The molecule has 4 heteroatoms. The van der Waals surface area contributed by atoms with Crippen molar-refractivity contribution >= 4 is 6.01 Å². The number of nitrogens with zero attached hydrogens (tertiary/aromatic N) is 2. The molecule has 1 aromatic rings. The molecule has 1 heterocycles. The standard InChI is InChI=1S/C16H29N3O/c1-5-13-6-8-15(9-7-13)19(4)16-18-14(11-20-16)10-17-12(2)3/h11-13,15,17H,5-10H2,1-4H3. The van der Waals surface area contributed by atoms with Gasteiger partial charge in [0.1, 0.15) is 6.26 Å². The quantitative estimate of drug-likeness (QED) is 0.864. The highest BCUT2D eigenvalue weighted by molar-refractivity contribution is 5.27. The highest BCUT2D eigenvalue weighted by atomic mass is 16.4. The van der Waals surface area contributed by atoms with E-state index in [9.17, 15) is 0 Å². The van der Waals surface area contributed by atoms with E-state index in [1.165, 1.54) is 32.1 Å². The number of rotatable bonds is 6. The van der Waals surface area contributed by atoms with Crippen LogP contribution in [0.1, 0.15) is 58.6 Å². The Morgan fingerprint density at radius 3 is 2.65 bits per heavy atom. The smallest absolute Gasteiger partial charge is 0.297 e. The summed E-state index contributed by atoms with van der Waals surface area (Å²) >= 11 is 0. The molecule has 1 aliphatic carbocycles. The second kappa shape index (κ2) is 7.11. The first-order valence-corrected chi connectivity index (χ1v) is 8.00. The minimum Gasteiger partial charge on any atom is -0.432 e. The Labute approximate surface area is 122 Å². The van der Waals surface area contributed by atoms with Crippen LogP contribution in [0.2, 0.25) is 0 Å². The van der Waals surface area contributed by atoms with E-state index in [2.05, 4.69) is 43.0 Å². The van der Waals surface area contributed by atoms with Gasteiger partial charge < -0.3 is 14.6 Å². The Morgan fingerprint density at radius 2 is 2.05 bits per heavy atom. The zero-order chi connectivity index (χ0) is 14.5. The van der Waals surface area contributed by atoms with Crippen molar-refractivity contribution in [3.05, 3.63) is 12.0 Å². The van der Waals surface area contributed by atoms with E-state index < -0.39 is 0 Å². The van der Waals surface area contributed by atoms with Gasteiger partial charge in [-0.1, -0.05) is 27.2 Å². The fourth-order valence-corrected chi connectivity index (χ4v) is 2.94. The van der Waals surface area contributed by atoms with Crippen LogP contribution in [0.5, 0.6) is 0 Å². The summed E-state index contributed by atoms with van der Waals surface area (Å²) in [4.78, 5) is 6.82. The molecule has 0 aliphatic heterocycles. The topological polar surface area (TPSA) is 41.3 Å². The van der Waals surface area contributed by atoms with E-state index >= 15 is 0 Å². The SMILES string of the molecule is CCC1CCC(N(C)c2nc(CNC(C)C)co2)CC1. The van der Waals surface area contributed by atoms with Crippen LogP contribution in [0.4, 0.5) is 6.01 Å². The molecule has 4 nitrogen and oxygen atoms in total. The molecule has 20 heavy (non-hydrogen) atoms. The summed E-state index contributed by atoms with van der Waals surface area (Å²) in [7, 11) is 2.11. The lowest BCUT2D eigenvalue weighted by atomic mass is 9.84. The Balaban J connectivity index is 1.87. The second-order valence-corrected chi connectivity index (χ2v) is 6.35. The first-order chi connectivity index (χ1) is 9.60. The number of hydrogen-bond donors (Lipinski definition) is 1. The highest BCUT2D eigenvalue weighted by Crippen LogP contribution is 2.30. The molecule has 0 spiro atoms. The minimum absolute atomic E-state index is 0.470. The van der Waals surface area contributed by atoms with Gasteiger partial charge in [-0.3, -0.25) is 0 Å². The summed E-state index contributed by atoms with van der Waals surface area (Å²) in [6.07, 6.45) is 8.30. The molecule has 0 unspecified atom stereocenters. The zero-order valence-electron chi connectivity index (χ0n) is 13.4. The van der Waals surface area contributed by atoms with Crippen molar-refractivity contribution in [2.75, 3.05) is 11.9 Å². The third-order valence-electron chi connectivity index (χ3n) is 4.47. The van der Waals surface area contributed by atoms with Gasteiger partial charge in [-0.2, -0.15) is 4.98 Å². The molecule has 1 N–H and O–H groups in total. The van der Waals surface area contributed by atoms with Crippen LogP contribution in [-0.2, 0) is 6.54 Å². The van der Waals surface area contributed by atoms with Crippen molar-refractivity contribution in [1.82, 2.24) is 10.3 Å². The summed E-state index contributed by atoms with van der Waals surface area (Å²) < 4.78 is 5.64. The van der Waals surface area contributed by atoms with Crippen molar-refractivity contribution in [1.29, 1.82) is 0 Å². The van der Waals surface area contributed by atoms with Crippen LogP contribution in [0.3, 0.4) is 0 Å². The predicted molar refractivity (Wildman–Crippen MR) is 82.9 cm³/mol. The van der Waals surface area contributed by atoms with E-state index in [1.807, 2.05) is 0 Å². The lowest BCUT2D eigenvalue weighted by molar-refractivity contribution is 0.307. The van der Waals surface area contributed by atoms with Crippen LogP contribution in [0, 0.1) is 5.92 Å². The molecule has 1 aromatic heterocycles. The summed E-state index contributed by atoms with van der Waals surface area (Å²) in [6, 6.07) is 1.82. The summed E-state index contributed by atoms with van der Waals surface area (Å²) in [5, 5.41) is 3.37. The van der Waals surface area contributed by atoms with E-state index in [1.54, 1.807) is 6.26 Å². The van der Waals surface area contributed by atoms with Gasteiger partial charge in [-0.25, -0.2) is 0 Å². The largest absolute Gasteiger partial charge is 0.432 e. The molecule has 114 valence electrons. The van der Waals surface area contributed by atoms with Crippen LogP contribution < -0.4 is 10.2 Å². The Morgan fingerprint density at radius 1 is 1.35 bits per heavy atom. The van der Waals surface area contributed by atoms with Crippen molar-refractivity contribution < 1.29 is 4.42 Å². The van der Waals surface area contributed by atoms with Crippen LogP contribution in [0.15, 0.2) is 10.7 Å². The lowest BCUT2D eigenvalue weighted by Gasteiger charge is -2.33. The normalized spacial score (nSPS) is 23.2. The highest BCUT2D eigenvalue weighted by Gasteiger charge is 2.25. The van der Waals surface area contributed by atoms with Crippen LogP contribution >= 0.6 is 0 Å². The van der Waals surface area contributed by atoms with Gasteiger partial charge in [0.25, 0.3) is 6.01 Å². The second-order valence-electron chi connectivity index (χ2n) is 6.35. The predicted octanol–water partition coefficient (Wildman–Crippen LogP) is 3.58. The van der Waals surface area contributed by atoms with Crippen LogP contribution in [0.25, 0.3) is 0 Å². The fourth-order valence-electron chi connectivity index (χ4n) is 2.94. The molecule has 2 rings (SSSR count). The maximum atomic E-state index is 5.64. The molecule has 0 amide bonds.